The van der Waals surface area contributed by atoms with Crippen molar-refractivity contribution in [1.82, 2.24) is 25.6 Å². The van der Waals surface area contributed by atoms with Gasteiger partial charge in [-0.1, -0.05) is 42.0 Å². The van der Waals surface area contributed by atoms with E-state index in [1.165, 1.54) is 11.9 Å². The summed E-state index contributed by atoms with van der Waals surface area (Å²) in [6.07, 6.45) is 4.96. The van der Waals surface area contributed by atoms with Crippen molar-refractivity contribution in [3.63, 3.8) is 0 Å². The summed E-state index contributed by atoms with van der Waals surface area (Å²) in [7, 11) is 1.88. The van der Waals surface area contributed by atoms with Crippen molar-refractivity contribution in [2.24, 2.45) is 0 Å². The van der Waals surface area contributed by atoms with E-state index in [2.05, 4.69) is 50.0 Å². The number of carbonyl (C=O) groups is 1. The number of nitrogens with zero attached hydrogens (tertiary/aromatic N) is 3. The molecular formula is C28H32N6O. The number of aromatic nitrogens is 3. The van der Waals surface area contributed by atoms with Gasteiger partial charge in [0.2, 0.25) is 0 Å². The Morgan fingerprint density at radius 3 is 2.29 bits per heavy atom. The first kappa shape index (κ1) is 25.5. The van der Waals surface area contributed by atoms with Gasteiger partial charge in [-0.15, -0.1) is 0 Å². The maximum Gasteiger partial charge on any atom is 0.251 e. The van der Waals surface area contributed by atoms with Crippen molar-refractivity contribution in [2.45, 2.75) is 33.9 Å². The van der Waals surface area contributed by atoms with Crippen LogP contribution in [-0.4, -0.2) is 27.9 Å². The number of hydrogen-bond donors (Lipinski definition) is 3. The Bertz CT molecular complexity index is 1230. The van der Waals surface area contributed by atoms with Gasteiger partial charge in [-0.3, -0.25) is 9.78 Å². The Balaban J connectivity index is 0.000000420. The first-order valence-corrected chi connectivity index (χ1v) is 11.5. The molecule has 0 radical (unpaired) electrons. The molecular weight excluding hydrogens is 436 g/mol. The van der Waals surface area contributed by atoms with E-state index in [1.807, 2.05) is 69.4 Å². The van der Waals surface area contributed by atoms with E-state index in [9.17, 15) is 4.79 Å². The normalized spacial score (nSPS) is 10.2. The average molecular weight is 469 g/mol. The molecule has 4 aromatic rings. The number of aryl methyl sites for hydroxylation is 3. The number of rotatable bonds is 7. The fourth-order valence-electron chi connectivity index (χ4n) is 3.34. The van der Waals surface area contributed by atoms with Crippen LogP contribution in [0, 0.1) is 20.8 Å². The van der Waals surface area contributed by atoms with E-state index in [0.717, 1.165) is 33.9 Å². The zero-order valence-corrected chi connectivity index (χ0v) is 20.7. The topological polar surface area (TPSA) is 91.8 Å². The maximum absolute atomic E-state index is 12.6. The molecule has 2 heterocycles. The molecule has 180 valence electrons. The fourth-order valence-corrected chi connectivity index (χ4v) is 3.34. The summed E-state index contributed by atoms with van der Waals surface area (Å²) in [5.74, 6) is 0.605. The molecule has 0 saturated heterocycles. The SMILES string of the molecule is CNCc1c(C)ncnc1Nc1cc(C(=O)NCc2ccncc2)ccc1C.Cc1ccccc1. The Hall–Kier alpha value is -4.10. The van der Waals surface area contributed by atoms with Crippen LogP contribution in [0.25, 0.3) is 0 Å². The molecule has 0 unspecified atom stereocenters. The van der Waals surface area contributed by atoms with Gasteiger partial charge in [0.1, 0.15) is 12.1 Å². The monoisotopic (exact) mass is 468 g/mol. The molecule has 0 aliphatic rings. The van der Waals surface area contributed by atoms with Crippen molar-refractivity contribution in [2.75, 3.05) is 12.4 Å². The molecule has 4 rings (SSSR count). The summed E-state index contributed by atoms with van der Waals surface area (Å²) in [6.45, 7) is 7.14. The highest BCUT2D eigenvalue weighted by atomic mass is 16.1. The second-order valence-corrected chi connectivity index (χ2v) is 8.16. The summed E-state index contributed by atoms with van der Waals surface area (Å²) in [4.78, 5) is 25.2. The van der Waals surface area contributed by atoms with E-state index < -0.39 is 0 Å². The second-order valence-electron chi connectivity index (χ2n) is 8.16. The van der Waals surface area contributed by atoms with Gasteiger partial charge < -0.3 is 16.0 Å². The molecule has 7 nitrogen and oxygen atoms in total. The summed E-state index contributed by atoms with van der Waals surface area (Å²) in [6, 6.07) is 19.6. The van der Waals surface area contributed by atoms with E-state index in [1.54, 1.807) is 12.4 Å². The zero-order valence-electron chi connectivity index (χ0n) is 20.7. The third-order valence-corrected chi connectivity index (χ3v) is 5.41. The molecule has 0 spiro atoms. The van der Waals surface area contributed by atoms with Crippen molar-refractivity contribution in [1.29, 1.82) is 0 Å². The first-order chi connectivity index (χ1) is 17.0. The Morgan fingerprint density at radius 1 is 0.886 bits per heavy atom. The summed E-state index contributed by atoms with van der Waals surface area (Å²) >= 11 is 0. The van der Waals surface area contributed by atoms with Crippen LogP contribution in [0.4, 0.5) is 11.5 Å². The standard InChI is InChI=1S/C21H24N6O.C7H8/c1-14-4-5-17(21(28)24-11-16-6-8-23-9-7-16)10-19(14)27-20-18(12-22-3)15(2)25-13-26-20;1-7-5-3-2-4-6-7/h4-10,13,22H,11-12H2,1-3H3,(H,24,28)(H,25,26,27);2-6H,1H3. The van der Waals surface area contributed by atoms with Crippen molar-refractivity contribution in [3.8, 4) is 0 Å². The highest BCUT2D eigenvalue weighted by Crippen LogP contribution is 2.24. The lowest BCUT2D eigenvalue weighted by atomic mass is 10.1. The smallest absolute Gasteiger partial charge is 0.251 e. The molecule has 2 aromatic carbocycles. The number of hydrogen-bond acceptors (Lipinski definition) is 6. The number of benzene rings is 2. The molecule has 7 heteroatoms. The third-order valence-electron chi connectivity index (χ3n) is 5.41. The molecule has 0 fully saturated rings. The van der Waals surface area contributed by atoms with Crippen molar-refractivity contribution < 1.29 is 4.79 Å². The number of anilines is 2. The maximum atomic E-state index is 12.6. The minimum Gasteiger partial charge on any atom is -0.348 e. The van der Waals surface area contributed by atoms with Crippen molar-refractivity contribution >= 4 is 17.4 Å². The van der Waals surface area contributed by atoms with Crippen LogP contribution in [-0.2, 0) is 13.1 Å². The van der Waals surface area contributed by atoms with Gasteiger partial charge in [-0.25, -0.2) is 9.97 Å². The number of carbonyl (C=O) groups excluding carboxylic acids is 1. The summed E-state index contributed by atoms with van der Waals surface area (Å²) in [5.41, 5.74) is 6.68. The van der Waals surface area contributed by atoms with Crippen LogP contribution in [0.15, 0.2) is 79.4 Å². The molecule has 0 aliphatic heterocycles. The first-order valence-electron chi connectivity index (χ1n) is 11.5. The Labute approximate surface area is 207 Å². The third kappa shape index (κ3) is 7.72. The van der Waals surface area contributed by atoms with E-state index in [0.29, 0.717) is 18.7 Å². The minimum atomic E-state index is -0.130. The second kappa shape index (κ2) is 13.0. The van der Waals surface area contributed by atoms with E-state index >= 15 is 0 Å². The van der Waals surface area contributed by atoms with E-state index in [4.69, 9.17) is 0 Å². The summed E-state index contributed by atoms with van der Waals surface area (Å²) < 4.78 is 0. The van der Waals surface area contributed by atoms with Gasteiger partial charge in [0.15, 0.2) is 0 Å². The van der Waals surface area contributed by atoms with Crippen LogP contribution in [0.2, 0.25) is 0 Å². The van der Waals surface area contributed by atoms with Crippen LogP contribution in [0.3, 0.4) is 0 Å². The van der Waals surface area contributed by atoms with Crippen LogP contribution in [0.1, 0.15) is 38.3 Å². The van der Waals surface area contributed by atoms with Crippen LogP contribution in [0.5, 0.6) is 0 Å². The van der Waals surface area contributed by atoms with Crippen LogP contribution >= 0.6 is 0 Å². The highest BCUT2D eigenvalue weighted by Gasteiger charge is 2.12. The molecule has 0 bridgehead atoms. The quantitative estimate of drug-likeness (QED) is 0.358. The molecule has 35 heavy (non-hydrogen) atoms. The largest absolute Gasteiger partial charge is 0.348 e. The summed E-state index contributed by atoms with van der Waals surface area (Å²) in [5, 5.41) is 9.43. The van der Waals surface area contributed by atoms with Crippen LogP contribution < -0.4 is 16.0 Å². The highest BCUT2D eigenvalue weighted by molar-refractivity contribution is 5.95. The number of amides is 1. The van der Waals surface area contributed by atoms with Gasteiger partial charge in [0.05, 0.1) is 0 Å². The van der Waals surface area contributed by atoms with Gasteiger partial charge in [0, 0.05) is 48.0 Å². The average Bonchev–Trinajstić information content (AvgIpc) is 2.87. The molecule has 0 saturated carbocycles. The lowest BCUT2D eigenvalue weighted by molar-refractivity contribution is 0.0951. The van der Waals surface area contributed by atoms with Gasteiger partial charge in [-0.05, 0) is 63.2 Å². The number of pyridine rings is 1. The number of nitrogens with one attached hydrogen (secondary N) is 3. The lowest BCUT2D eigenvalue weighted by Gasteiger charge is -2.15. The molecule has 0 atom stereocenters. The van der Waals surface area contributed by atoms with Crippen molar-refractivity contribution in [3.05, 3.63) is 113 Å². The molecule has 3 N–H and O–H groups in total. The fraction of sp³-hybridized carbons (Fsp3) is 0.214. The Kier molecular flexibility index (Phi) is 9.45. The molecule has 0 aliphatic carbocycles. The molecule has 2 aromatic heterocycles. The molecule has 1 amide bonds. The predicted molar refractivity (Wildman–Crippen MR) is 141 cm³/mol. The minimum absolute atomic E-state index is 0.130. The van der Waals surface area contributed by atoms with Gasteiger partial charge in [-0.2, -0.15) is 0 Å². The predicted octanol–water partition coefficient (Wildman–Crippen LogP) is 4.88. The Morgan fingerprint density at radius 2 is 1.63 bits per heavy atom. The van der Waals surface area contributed by atoms with E-state index in [-0.39, 0.29) is 5.91 Å². The van der Waals surface area contributed by atoms with Gasteiger partial charge in [0.25, 0.3) is 5.91 Å². The van der Waals surface area contributed by atoms with Gasteiger partial charge >= 0.3 is 0 Å². The lowest BCUT2D eigenvalue weighted by Crippen LogP contribution is -2.23. The zero-order chi connectivity index (χ0) is 25.0.